The van der Waals surface area contributed by atoms with Crippen LogP contribution in [0.2, 0.25) is 0 Å². The molecular weight excluding hydrogens is 266 g/mol. The van der Waals surface area contributed by atoms with Gasteiger partial charge in [0, 0.05) is 45.2 Å². The number of piperidine rings is 1. The number of ether oxygens (including phenoxy) is 1. The molecule has 0 aliphatic carbocycles. The molecule has 122 valence electrons. The summed E-state index contributed by atoms with van der Waals surface area (Å²) in [6, 6.07) is 0.694. The van der Waals surface area contributed by atoms with Gasteiger partial charge in [0.2, 0.25) is 5.91 Å². The minimum absolute atomic E-state index is 0.198. The van der Waals surface area contributed by atoms with E-state index in [0.717, 1.165) is 45.9 Å². The Balaban J connectivity index is 1.56. The van der Waals surface area contributed by atoms with E-state index in [0.29, 0.717) is 12.5 Å². The van der Waals surface area contributed by atoms with Gasteiger partial charge < -0.3 is 10.1 Å². The number of amides is 1. The molecule has 1 atom stereocenters. The van der Waals surface area contributed by atoms with E-state index in [2.05, 4.69) is 22.0 Å². The first-order valence-electron chi connectivity index (χ1n) is 8.60. The van der Waals surface area contributed by atoms with Crippen molar-refractivity contribution in [2.75, 3.05) is 52.5 Å². The Bertz CT molecular complexity index is 306. The molecule has 2 saturated heterocycles. The van der Waals surface area contributed by atoms with Gasteiger partial charge in [0.05, 0.1) is 13.2 Å². The normalized spacial score (nSPS) is 24.9. The van der Waals surface area contributed by atoms with Crippen molar-refractivity contribution in [2.24, 2.45) is 0 Å². The standard InChI is InChI=1S/C16H31N3O2/c1-2-15-5-3-4-8-19(15)9-6-16(20)17-7-10-18-11-13-21-14-12-18/h15H,2-14H2,1H3,(H,17,20). The number of carbonyl (C=O) groups is 1. The molecule has 1 N–H and O–H groups in total. The Hall–Kier alpha value is -0.650. The molecule has 0 aromatic carbocycles. The van der Waals surface area contributed by atoms with E-state index in [1.165, 1.54) is 32.2 Å². The lowest BCUT2D eigenvalue weighted by Crippen LogP contribution is -2.43. The van der Waals surface area contributed by atoms with Crippen LogP contribution >= 0.6 is 0 Å². The van der Waals surface area contributed by atoms with Crippen molar-refractivity contribution in [1.29, 1.82) is 0 Å². The zero-order chi connectivity index (χ0) is 14.9. The molecule has 0 radical (unpaired) electrons. The predicted octanol–water partition coefficient (Wildman–Crippen LogP) is 1.09. The zero-order valence-corrected chi connectivity index (χ0v) is 13.5. The van der Waals surface area contributed by atoms with Crippen molar-refractivity contribution in [3.63, 3.8) is 0 Å². The number of nitrogens with one attached hydrogen (secondary N) is 1. The fourth-order valence-electron chi connectivity index (χ4n) is 3.33. The van der Waals surface area contributed by atoms with E-state index in [1.807, 2.05) is 0 Å². The summed E-state index contributed by atoms with van der Waals surface area (Å²) in [6.07, 6.45) is 5.78. The zero-order valence-electron chi connectivity index (χ0n) is 13.5. The number of hydrogen-bond acceptors (Lipinski definition) is 4. The summed E-state index contributed by atoms with van der Waals surface area (Å²) in [5.74, 6) is 0.198. The van der Waals surface area contributed by atoms with Gasteiger partial charge in [-0.1, -0.05) is 13.3 Å². The van der Waals surface area contributed by atoms with Crippen LogP contribution in [0.4, 0.5) is 0 Å². The van der Waals surface area contributed by atoms with Gasteiger partial charge in [-0.3, -0.25) is 14.6 Å². The van der Waals surface area contributed by atoms with Crippen LogP contribution in [-0.2, 0) is 9.53 Å². The lowest BCUT2D eigenvalue weighted by molar-refractivity contribution is -0.121. The topological polar surface area (TPSA) is 44.8 Å². The minimum atomic E-state index is 0.198. The molecule has 2 fully saturated rings. The van der Waals surface area contributed by atoms with Crippen LogP contribution in [0.3, 0.4) is 0 Å². The summed E-state index contributed by atoms with van der Waals surface area (Å²) in [7, 11) is 0. The first-order chi connectivity index (χ1) is 10.3. The number of carbonyl (C=O) groups excluding carboxylic acids is 1. The number of rotatable bonds is 7. The highest BCUT2D eigenvalue weighted by atomic mass is 16.5. The van der Waals surface area contributed by atoms with Gasteiger partial charge in [0.15, 0.2) is 0 Å². The van der Waals surface area contributed by atoms with Crippen molar-refractivity contribution in [3.8, 4) is 0 Å². The molecule has 2 aliphatic rings. The molecule has 2 aliphatic heterocycles. The second kappa shape index (κ2) is 9.38. The quantitative estimate of drug-likeness (QED) is 0.764. The summed E-state index contributed by atoms with van der Waals surface area (Å²) in [6.45, 7) is 9.66. The van der Waals surface area contributed by atoms with Crippen molar-refractivity contribution < 1.29 is 9.53 Å². The van der Waals surface area contributed by atoms with E-state index >= 15 is 0 Å². The Kier molecular flexibility index (Phi) is 7.47. The van der Waals surface area contributed by atoms with Crippen LogP contribution in [0.5, 0.6) is 0 Å². The first-order valence-corrected chi connectivity index (χ1v) is 8.60. The van der Waals surface area contributed by atoms with Crippen molar-refractivity contribution in [3.05, 3.63) is 0 Å². The van der Waals surface area contributed by atoms with Gasteiger partial charge in [-0.15, -0.1) is 0 Å². The van der Waals surface area contributed by atoms with Crippen LogP contribution < -0.4 is 5.32 Å². The second-order valence-corrected chi connectivity index (χ2v) is 6.15. The fourth-order valence-corrected chi connectivity index (χ4v) is 3.33. The molecule has 0 spiro atoms. The fraction of sp³-hybridized carbons (Fsp3) is 0.938. The third-order valence-electron chi connectivity index (χ3n) is 4.70. The molecule has 5 heteroatoms. The summed E-state index contributed by atoms with van der Waals surface area (Å²) in [4.78, 5) is 16.8. The molecule has 2 rings (SSSR count). The highest BCUT2D eigenvalue weighted by Gasteiger charge is 2.20. The maximum Gasteiger partial charge on any atom is 0.221 e. The minimum Gasteiger partial charge on any atom is -0.379 e. The van der Waals surface area contributed by atoms with Gasteiger partial charge in [0.1, 0.15) is 0 Å². The number of likely N-dealkylation sites (tertiary alicyclic amines) is 1. The maximum absolute atomic E-state index is 11.9. The highest BCUT2D eigenvalue weighted by molar-refractivity contribution is 5.76. The summed E-state index contributed by atoms with van der Waals surface area (Å²) >= 11 is 0. The van der Waals surface area contributed by atoms with Crippen LogP contribution in [0, 0.1) is 0 Å². The third-order valence-corrected chi connectivity index (χ3v) is 4.70. The molecule has 5 nitrogen and oxygen atoms in total. The van der Waals surface area contributed by atoms with Crippen molar-refractivity contribution >= 4 is 5.91 Å². The molecule has 1 unspecified atom stereocenters. The second-order valence-electron chi connectivity index (χ2n) is 6.15. The molecule has 0 bridgehead atoms. The monoisotopic (exact) mass is 297 g/mol. The molecular formula is C16H31N3O2. The van der Waals surface area contributed by atoms with Gasteiger partial charge >= 0.3 is 0 Å². The van der Waals surface area contributed by atoms with E-state index in [1.54, 1.807) is 0 Å². The average molecular weight is 297 g/mol. The van der Waals surface area contributed by atoms with E-state index in [4.69, 9.17) is 4.74 Å². The Morgan fingerprint density at radius 2 is 2.00 bits per heavy atom. The molecule has 21 heavy (non-hydrogen) atoms. The van der Waals surface area contributed by atoms with E-state index in [-0.39, 0.29) is 5.91 Å². The molecule has 1 amide bonds. The maximum atomic E-state index is 11.9. The number of nitrogens with zero attached hydrogens (tertiary/aromatic N) is 2. The molecule has 0 aromatic heterocycles. The smallest absolute Gasteiger partial charge is 0.221 e. The molecule has 0 saturated carbocycles. The molecule has 2 heterocycles. The average Bonchev–Trinajstić information content (AvgIpc) is 2.54. The van der Waals surface area contributed by atoms with Crippen LogP contribution in [-0.4, -0.2) is 74.2 Å². The highest BCUT2D eigenvalue weighted by Crippen LogP contribution is 2.19. The third kappa shape index (κ3) is 5.93. The molecule has 0 aromatic rings. The summed E-state index contributed by atoms with van der Waals surface area (Å²) in [5.41, 5.74) is 0. The SMILES string of the molecule is CCC1CCCCN1CCC(=O)NCCN1CCOCC1. The van der Waals surface area contributed by atoms with E-state index in [9.17, 15) is 4.79 Å². The van der Waals surface area contributed by atoms with Crippen molar-refractivity contribution in [1.82, 2.24) is 15.1 Å². The van der Waals surface area contributed by atoms with Crippen molar-refractivity contribution in [2.45, 2.75) is 45.1 Å². The summed E-state index contributed by atoms with van der Waals surface area (Å²) < 4.78 is 5.32. The lowest BCUT2D eigenvalue weighted by Gasteiger charge is -2.35. The summed E-state index contributed by atoms with van der Waals surface area (Å²) in [5, 5.41) is 3.05. The van der Waals surface area contributed by atoms with Crippen LogP contribution in [0.25, 0.3) is 0 Å². The lowest BCUT2D eigenvalue weighted by atomic mass is 10.00. The number of hydrogen-bond donors (Lipinski definition) is 1. The first kappa shape index (κ1) is 16.7. The van der Waals surface area contributed by atoms with Gasteiger partial charge in [-0.25, -0.2) is 0 Å². The van der Waals surface area contributed by atoms with Crippen LogP contribution in [0.15, 0.2) is 0 Å². The Labute approximate surface area is 129 Å². The largest absolute Gasteiger partial charge is 0.379 e. The predicted molar refractivity (Wildman–Crippen MR) is 84.4 cm³/mol. The Morgan fingerprint density at radius 1 is 1.19 bits per heavy atom. The Morgan fingerprint density at radius 3 is 2.76 bits per heavy atom. The number of morpholine rings is 1. The van der Waals surface area contributed by atoms with Gasteiger partial charge in [-0.2, -0.15) is 0 Å². The van der Waals surface area contributed by atoms with E-state index < -0.39 is 0 Å². The van der Waals surface area contributed by atoms with Gasteiger partial charge in [0.25, 0.3) is 0 Å². The van der Waals surface area contributed by atoms with Gasteiger partial charge in [-0.05, 0) is 25.8 Å². The van der Waals surface area contributed by atoms with Crippen LogP contribution in [0.1, 0.15) is 39.0 Å².